The number of rotatable bonds is 0. The number of nitrogens with one attached hydrogen (secondary N) is 1. The molecule has 0 unspecified atom stereocenters. The number of hydrogen-bond donors (Lipinski definition) is 1. The fourth-order valence-corrected chi connectivity index (χ4v) is 4.13. The number of halogens is 1. The standard InChI is InChI=1S/C14H18N4O.ClH/c1-13(2)8-4-6-14(13,3)11-10(8)17-18-7-5-9(19)15-12(18)16-11;/h8H,4-7H2,1-3H3;1H/t8-,14+;/m1./s1. The molecule has 1 N–H and O–H groups in total. The van der Waals surface area contributed by atoms with Gasteiger partial charge in [0.1, 0.15) is 12.2 Å². The van der Waals surface area contributed by atoms with Crippen molar-refractivity contribution < 1.29 is 21.9 Å². The zero-order valence-electron chi connectivity index (χ0n) is 12.0. The van der Waals surface area contributed by atoms with Gasteiger partial charge in [-0.05, 0) is 18.3 Å². The van der Waals surface area contributed by atoms with E-state index in [-0.39, 0.29) is 29.1 Å². The van der Waals surface area contributed by atoms with Gasteiger partial charge in [-0.3, -0.25) is 4.79 Å². The topological polar surface area (TPSA) is 58.8 Å². The number of aromatic nitrogens is 3. The molecule has 1 aliphatic heterocycles. The lowest BCUT2D eigenvalue weighted by Gasteiger charge is -2.32. The molecule has 6 heteroatoms. The molecule has 2 bridgehead atoms. The number of nitrogens with zero attached hydrogens (tertiary/aromatic N) is 3. The highest BCUT2D eigenvalue weighted by molar-refractivity contribution is 5.88. The van der Waals surface area contributed by atoms with Crippen molar-refractivity contribution in [2.75, 3.05) is 5.32 Å². The van der Waals surface area contributed by atoms with Crippen LogP contribution in [-0.2, 0) is 16.8 Å². The Hall–Kier alpha value is -1.23. The molecule has 2 atom stereocenters. The first-order valence-corrected chi connectivity index (χ1v) is 7.06. The van der Waals surface area contributed by atoms with Crippen molar-refractivity contribution in [3.05, 3.63) is 11.4 Å². The summed E-state index contributed by atoms with van der Waals surface area (Å²) in [6.45, 7) is 7.60. The second-order valence-corrected chi connectivity index (χ2v) is 6.84. The Balaban J connectivity index is 0.00000121. The maximum Gasteiger partial charge on any atom is 0.418 e. The minimum absolute atomic E-state index is 0. The van der Waals surface area contributed by atoms with Crippen molar-refractivity contribution in [1.29, 1.82) is 0 Å². The van der Waals surface area contributed by atoms with Crippen LogP contribution in [0.1, 0.15) is 57.3 Å². The van der Waals surface area contributed by atoms with Crippen LogP contribution in [0, 0.1) is 5.41 Å². The molecule has 1 fully saturated rings. The molecule has 4 rings (SSSR count). The number of anilines is 1. The largest absolute Gasteiger partial charge is 1.00 e. The molecular weight excluding hydrogens is 276 g/mol. The summed E-state index contributed by atoms with van der Waals surface area (Å²) < 4.78 is 1.86. The van der Waals surface area contributed by atoms with Gasteiger partial charge in [-0.15, -0.1) is 9.78 Å². The van der Waals surface area contributed by atoms with E-state index in [1.807, 2.05) is 4.68 Å². The average molecular weight is 295 g/mol. The zero-order chi connectivity index (χ0) is 13.4. The van der Waals surface area contributed by atoms with Gasteiger partial charge in [-0.25, -0.2) is 5.32 Å². The zero-order valence-corrected chi connectivity index (χ0v) is 12.8. The maximum atomic E-state index is 11.5. The Bertz CT molecular complexity index is 615. The molecular formula is C14H19ClN4O. The highest BCUT2D eigenvalue weighted by Gasteiger charge is 2.63. The molecule has 5 nitrogen and oxygen atoms in total. The van der Waals surface area contributed by atoms with Gasteiger partial charge in [0.2, 0.25) is 0 Å². The highest BCUT2D eigenvalue weighted by atomic mass is 35.5. The molecule has 1 saturated carbocycles. The fraction of sp³-hybridized carbons (Fsp3) is 0.714. The smallest absolute Gasteiger partial charge is 0.418 e. The second kappa shape index (κ2) is 3.91. The number of aryl methyl sites for hydroxylation is 1. The molecule has 1 amide bonds. The molecule has 3 aliphatic rings. The van der Waals surface area contributed by atoms with Crippen molar-refractivity contribution in [1.82, 2.24) is 10.1 Å². The van der Waals surface area contributed by atoms with Gasteiger partial charge >= 0.3 is 5.95 Å². The van der Waals surface area contributed by atoms with E-state index in [1.165, 1.54) is 18.5 Å². The Morgan fingerprint density at radius 3 is 2.85 bits per heavy atom. The first kappa shape index (κ1) is 13.7. The van der Waals surface area contributed by atoms with E-state index in [9.17, 15) is 4.79 Å². The number of hydrogen-bond acceptors (Lipinski definition) is 3. The predicted octanol–water partition coefficient (Wildman–Crippen LogP) is -1.71. The first-order valence-electron chi connectivity index (χ1n) is 7.06. The summed E-state index contributed by atoms with van der Waals surface area (Å²) >= 11 is 0. The lowest BCUT2D eigenvalue weighted by Crippen LogP contribution is -3.00. The van der Waals surface area contributed by atoms with Gasteiger partial charge in [0, 0.05) is 11.3 Å². The Morgan fingerprint density at radius 1 is 1.35 bits per heavy atom. The van der Waals surface area contributed by atoms with E-state index in [2.05, 4.69) is 26.1 Å². The van der Waals surface area contributed by atoms with Crippen LogP contribution in [0.2, 0.25) is 0 Å². The first-order chi connectivity index (χ1) is 8.93. The van der Waals surface area contributed by atoms with Crippen molar-refractivity contribution in [2.45, 2.75) is 57.9 Å². The van der Waals surface area contributed by atoms with Gasteiger partial charge in [-0.1, -0.05) is 25.8 Å². The van der Waals surface area contributed by atoms with E-state index in [1.54, 1.807) is 0 Å². The lowest BCUT2D eigenvalue weighted by molar-refractivity contribution is -0.744. The number of carbonyl (C=O) groups is 1. The molecule has 20 heavy (non-hydrogen) atoms. The van der Waals surface area contributed by atoms with Crippen LogP contribution >= 0.6 is 0 Å². The third-order valence-corrected chi connectivity index (χ3v) is 5.81. The summed E-state index contributed by atoms with van der Waals surface area (Å²) in [5, 5.41) is 7.64. The molecule has 0 saturated heterocycles. The molecule has 2 heterocycles. The Morgan fingerprint density at radius 2 is 2.10 bits per heavy atom. The van der Waals surface area contributed by atoms with Crippen LogP contribution in [0.25, 0.3) is 0 Å². The van der Waals surface area contributed by atoms with Crippen LogP contribution in [0.4, 0.5) is 5.95 Å². The minimum Gasteiger partial charge on any atom is -1.00 e. The fourth-order valence-electron chi connectivity index (χ4n) is 4.13. The van der Waals surface area contributed by atoms with Crippen LogP contribution < -0.4 is 22.4 Å². The van der Waals surface area contributed by atoms with E-state index in [0.717, 1.165) is 5.69 Å². The molecule has 0 spiro atoms. The predicted molar refractivity (Wildman–Crippen MR) is 68.6 cm³/mol. The van der Waals surface area contributed by atoms with Gasteiger partial charge in [0.05, 0.1) is 6.42 Å². The average Bonchev–Trinajstić information content (AvgIpc) is 2.68. The van der Waals surface area contributed by atoms with Crippen LogP contribution in [0.5, 0.6) is 0 Å². The molecule has 108 valence electrons. The summed E-state index contributed by atoms with van der Waals surface area (Å²) in [4.78, 5) is 16.3. The van der Waals surface area contributed by atoms with E-state index in [0.29, 0.717) is 24.8 Å². The quantitative estimate of drug-likeness (QED) is 0.580. The Kier molecular flexibility index (Phi) is 2.68. The van der Waals surface area contributed by atoms with Gasteiger partial charge < -0.3 is 12.4 Å². The minimum atomic E-state index is 0. The van der Waals surface area contributed by atoms with E-state index >= 15 is 0 Å². The van der Waals surface area contributed by atoms with E-state index in [4.69, 9.17) is 10.1 Å². The summed E-state index contributed by atoms with van der Waals surface area (Å²) in [6.07, 6.45) is 2.87. The van der Waals surface area contributed by atoms with Crippen molar-refractivity contribution in [3.63, 3.8) is 0 Å². The number of amides is 1. The van der Waals surface area contributed by atoms with Crippen LogP contribution in [0.15, 0.2) is 0 Å². The summed E-state index contributed by atoms with van der Waals surface area (Å²) in [7, 11) is 0. The second-order valence-electron chi connectivity index (χ2n) is 6.84. The number of fused-ring (bicyclic) bond motifs is 6. The molecule has 1 aromatic rings. The van der Waals surface area contributed by atoms with Crippen molar-refractivity contribution in [2.24, 2.45) is 5.41 Å². The number of carbonyl (C=O) groups excluding carboxylic acids is 1. The normalized spacial score (nSPS) is 32.1. The molecule has 0 radical (unpaired) electrons. The van der Waals surface area contributed by atoms with Gasteiger partial charge in [0.15, 0.2) is 5.69 Å². The summed E-state index contributed by atoms with van der Waals surface area (Å²) in [5.41, 5.74) is 2.59. The monoisotopic (exact) mass is 294 g/mol. The molecule has 2 aliphatic carbocycles. The van der Waals surface area contributed by atoms with Gasteiger partial charge in [-0.2, -0.15) is 0 Å². The van der Waals surface area contributed by atoms with Crippen LogP contribution in [0.3, 0.4) is 0 Å². The molecule has 0 aromatic carbocycles. The molecule has 1 aromatic heterocycles. The highest BCUT2D eigenvalue weighted by Crippen LogP contribution is 2.66. The maximum absolute atomic E-state index is 11.5. The lowest BCUT2D eigenvalue weighted by atomic mass is 9.70. The van der Waals surface area contributed by atoms with Crippen LogP contribution in [-0.4, -0.2) is 16.0 Å². The van der Waals surface area contributed by atoms with Crippen molar-refractivity contribution in [3.8, 4) is 0 Å². The van der Waals surface area contributed by atoms with Gasteiger partial charge in [0.25, 0.3) is 5.91 Å². The summed E-state index contributed by atoms with van der Waals surface area (Å²) in [5.74, 6) is 1.18. The third kappa shape index (κ3) is 1.39. The van der Waals surface area contributed by atoms with Crippen molar-refractivity contribution >= 4 is 11.9 Å². The SMILES string of the molecule is CC1(C)[C@@H]2CC[C@@]1(C)c1nc3[n+](nc12)CCC(=O)N3.[Cl-]. The Labute approximate surface area is 124 Å². The summed E-state index contributed by atoms with van der Waals surface area (Å²) in [6, 6.07) is 0. The van der Waals surface area contributed by atoms with E-state index < -0.39 is 0 Å². The third-order valence-electron chi connectivity index (χ3n) is 5.81.